The lowest BCUT2D eigenvalue weighted by molar-refractivity contribution is 0.827. The summed E-state index contributed by atoms with van der Waals surface area (Å²) in [5.74, 6) is 0.651. The number of fused-ring (bicyclic) bond motifs is 4. The molecule has 5 aromatic rings. The Hall–Kier alpha value is -3.73. The second kappa shape index (κ2) is 6.78. The topological polar surface area (TPSA) is 55.1 Å². The van der Waals surface area contributed by atoms with Gasteiger partial charge in [-0.25, -0.2) is 0 Å². The monoisotopic (exact) mass is 365 g/mol. The summed E-state index contributed by atoms with van der Waals surface area (Å²) in [7, 11) is 0. The summed E-state index contributed by atoms with van der Waals surface area (Å²) in [4.78, 5) is 0. The highest BCUT2D eigenvalue weighted by Gasteiger charge is 2.09. The fourth-order valence-electron chi connectivity index (χ4n) is 3.77. The van der Waals surface area contributed by atoms with Gasteiger partial charge in [-0.15, -0.1) is 5.10 Å². The fourth-order valence-corrected chi connectivity index (χ4v) is 3.77. The SMILES string of the molecule is CCn1c2ccccc2c2cc(/C=N\Nc3nncc4ccccc34)ccc21. The van der Waals surface area contributed by atoms with E-state index in [2.05, 4.69) is 74.7 Å². The summed E-state index contributed by atoms with van der Waals surface area (Å²) in [6.07, 6.45) is 3.57. The minimum atomic E-state index is 0.651. The van der Waals surface area contributed by atoms with Gasteiger partial charge in [0.25, 0.3) is 0 Å². The number of nitrogens with zero attached hydrogens (tertiary/aromatic N) is 4. The van der Waals surface area contributed by atoms with Gasteiger partial charge >= 0.3 is 0 Å². The van der Waals surface area contributed by atoms with Crippen LogP contribution in [0.1, 0.15) is 12.5 Å². The first-order valence-electron chi connectivity index (χ1n) is 9.35. The zero-order chi connectivity index (χ0) is 18.9. The summed E-state index contributed by atoms with van der Waals surface area (Å²) in [5.41, 5.74) is 6.57. The van der Waals surface area contributed by atoms with Gasteiger partial charge in [-0.05, 0) is 30.7 Å². The maximum Gasteiger partial charge on any atom is 0.176 e. The van der Waals surface area contributed by atoms with E-state index >= 15 is 0 Å². The molecule has 1 N–H and O–H groups in total. The fraction of sp³-hybridized carbons (Fsp3) is 0.0870. The predicted octanol–water partition coefficient (Wildman–Crippen LogP) is 5.20. The van der Waals surface area contributed by atoms with Crippen LogP contribution in [-0.2, 0) is 6.54 Å². The lowest BCUT2D eigenvalue weighted by Gasteiger charge is -2.03. The minimum Gasteiger partial charge on any atom is -0.341 e. The van der Waals surface area contributed by atoms with Crippen LogP contribution in [0.25, 0.3) is 32.6 Å². The standard InChI is InChI=1S/C23H19N5/c1-2-28-21-10-6-5-9-19(21)20-13-16(11-12-22(20)28)14-24-26-23-18-8-4-3-7-17(18)15-25-27-23/h3-15H,2H2,1H3,(H,26,27)/b24-14-. The van der Waals surface area contributed by atoms with E-state index in [4.69, 9.17) is 0 Å². The third-order valence-electron chi connectivity index (χ3n) is 5.07. The van der Waals surface area contributed by atoms with E-state index in [1.165, 1.54) is 21.8 Å². The lowest BCUT2D eigenvalue weighted by Crippen LogP contribution is -1.96. The van der Waals surface area contributed by atoms with E-state index in [0.717, 1.165) is 22.9 Å². The quantitative estimate of drug-likeness (QED) is 0.352. The summed E-state index contributed by atoms with van der Waals surface area (Å²) >= 11 is 0. The van der Waals surface area contributed by atoms with Crippen molar-refractivity contribution < 1.29 is 0 Å². The summed E-state index contributed by atoms with van der Waals surface area (Å²) in [6.45, 7) is 3.12. The normalized spacial score (nSPS) is 11.8. The second-order valence-electron chi connectivity index (χ2n) is 6.69. The van der Waals surface area contributed by atoms with E-state index in [1.807, 2.05) is 30.5 Å². The largest absolute Gasteiger partial charge is 0.341 e. The Balaban J connectivity index is 1.50. The van der Waals surface area contributed by atoms with Gasteiger partial charge in [-0.2, -0.15) is 10.2 Å². The Morgan fingerprint density at radius 2 is 1.71 bits per heavy atom. The number of hydrogen-bond acceptors (Lipinski definition) is 4. The molecule has 0 saturated heterocycles. The van der Waals surface area contributed by atoms with Crippen molar-refractivity contribution in [3.8, 4) is 0 Å². The molecule has 0 radical (unpaired) electrons. The molecule has 136 valence electrons. The number of hydrogen-bond donors (Lipinski definition) is 1. The van der Waals surface area contributed by atoms with Crippen LogP contribution in [0.5, 0.6) is 0 Å². The molecule has 28 heavy (non-hydrogen) atoms. The van der Waals surface area contributed by atoms with Crippen LogP contribution in [0.2, 0.25) is 0 Å². The number of nitrogens with one attached hydrogen (secondary N) is 1. The third kappa shape index (κ3) is 2.68. The predicted molar refractivity (Wildman–Crippen MR) is 116 cm³/mol. The summed E-state index contributed by atoms with van der Waals surface area (Å²) in [6, 6.07) is 22.9. The molecule has 0 fully saturated rings. The van der Waals surface area contributed by atoms with E-state index in [9.17, 15) is 0 Å². The van der Waals surface area contributed by atoms with Crippen molar-refractivity contribution >= 4 is 44.6 Å². The van der Waals surface area contributed by atoms with Crippen molar-refractivity contribution in [1.82, 2.24) is 14.8 Å². The Bertz CT molecular complexity index is 1330. The number of benzene rings is 3. The third-order valence-corrected chi connectivity index (χ3v) is 5.07. The van der Waals surface area contributed by atoms with Gasteiger partial charge in [-0.1, -0.05) is 48.5 Å². The van der Waals surface area contributed by atoms with Gasteiger partial charge in [0.15, 0.2) is 5.82 Å². The highest BCUT2D eigenvalue weighted by molar-refractivity contribution is 6.09. The van der Waals surface area contributed by atoms with Crippen LogP contribution < -0.4 is 5.43 Å². The molecule has 5 rings (SSSR count). The van der Waals surface area contributed by atoms with Crippen molar-refractivity contribution in [2.75, 3.05) is 5.43 Å². The molecule has 0 atom stereocenters. The van der Waals surface area contributed by atoms with Crippen molar-refractivity contribution in [1.29, 1.82) is 0 Å². The average Bonchev–Trinajstić information content (AvgIpc) is 3.07. The first kappa shape index (κ1) is 16.4. The highest BCUT2D eigenvalue weighted by atomic mass is 15.3. The van der Waals surface area contributed by atoms with Gasteiger partial charge in [0, 0.05) is 39.1 Å². The van der Waals surface area contributed by atoms with E-state index in [0.29, 0.717) is 5.82 Å². The van der Waals surface area contributed by atoms with Gasteiger partial charge < -0.3 is 4.57 Å². The maximum absolute atomic E-state index is 4.39. The molecule has 0 unspecified atom stereocenters. The van der Waals surface area contributed by atoms with Crippen LogP contribution in [0.4, 0.5) is 5.82 Å². The zero-order valence-corrected chi connectivity index (χ0v) is 15.5. The van der Waals surface area contributed by atoms with Crippen LogP contribution >= 0.6 is 0 Å². The Morgan fingerprint density at radius 3 is 2.61 bits per heavy atom. The number of aromatic nitrogens is 3. The molecule has 3 aromatic carbocycles. The molecule has 0 aliphatic carbocycles. The molecule has 0 bridgehead atoms. The van der Waals surface area contributed by atoms with Crippen molar-refractivity contribution in [3.63, 3.8) is 0 Å². The molecule has 0 saturated carbocycles. The molecule has 5 nitrogen and oxygen atoms in total. The Labute approximate surface area is 162 Å². The van der Waals surface area contributed by atoms with Crippen LogP contribution in [0.15, 0.2) is 78.0 Å². The van der Waals surface area contributed by atoms with Crippen molar-refractivity contribution in [3.05, 3.63) is 78.5 Å². The van der Waals surface area contributed by atoms with Crippen LogP contribution in [-0.4, -0.2) is 21.0 Å². The maximum atomic E-state index is 4.39. The molecule has 0 aliphatic rings. The van der Waals surface area contributed by atoms with E-state index < -0.39 is 0 Å². The first-order valence-corrected chi connectivity index (χ1v) is 9.35. The minimum absolute atomic E-state index is 0.651. The van der Waals surface area contributed by atoms with Crippen molar-refractivity contribution in [2.24, 2.45) is 5.10 Å². The average molecular weight is 365 g/mol. The molecule has 5 heteroatoms. The van der Waals surface area contributed by atoms with E-state index in [-0.39, 0.29) is 0 Å². The second-order valence-corrected chi connectivity index (χ2v) is 6.69. The number of para-hydroxylation sites is 1. The Morgan fingerprint density at radius 1 is 0.929 bits per heavy atom. The molecule has 0 spiro atoms. The summed E-state index contributed by atoms with van der Waals surface area (Å²) < 4.78 is 2.34. The zero-order valence-electron chi connectivity index (χ0n) is 15.5. The number of anilines is 1. The molecule has 0 aliphatic heterocycles. The van der Waals surface area contributed by atoms with Gasteiger partial charge in [-0.3, -0.25) is 5.43 Å². The number of aryl methyl sites for hydroxylation is 1. The Kier molecular flexibility index (Phi) is 3.98. The first-order chi connectivity index (χ1) is 13.8. The van der Waals surface area contributed by atoms with E-state index in [1.54, 1.807) is 6.20 Å². The smallest absolute Gasteiger partial charge is 0.176 e. The molecular formula is C23H19N5. The van der Waals surface area contributed by atoms with Gasteiger partial charge in [0.05, 0.1) is 12.4 Å². The molecule has 0 amide bonds. The molecule has 2 heterocycles. The molecular weight excluding hydrogens is 346 g/mol. The lowest BCUT2D eigenvalue weighted by atomic mass is 10.1. The summed E-state index contributed by atoms with van der Waals surface area (Å²) in [5, 5.41) is 17.1. The highest BCUT2D eigenvalue weighted by Crippen LogP contribution is 2.29. The van der Waals surface area contributed by atoms with Gasteiger partial charge in [0.1, 0.15) is 0 Å². The van der Waals surface area contributed by atoms with Crippen molar-refractivity contribution in [2.45, 2.75) is 13.5 Å². The van der Waals surface area contributed by atoms with Crippen LogP contribution in [0, 0.1) is 0 Å². The van der Waals surface area contributed by atoms with Gasteiger partial charge in [0.2, 0.25) is 0 Å². The van der Waals surface area contributed by atoms with Crippen LogP contribution in [0.3, 0.4) is 0 Å². The number of rotatable bonds is 4. The molecule has 2 aromatic heterocycles. The number of hydrazone groups is 1.